The molecule has 3 N–H and O–H groups in total. The number of ether oxygens (including phenoxy) is 1. The molecule has 3 atom stereocenters. The fourth-order valence-corrected chi connectivity index (χ4v) is 3.58. The third kappa shape index (κ3) is 19.9. The van der Waals surface area contributed by atoms with Crippen molar-refractivity contribution in [2.45, 2.75) is 96.2 Å². The maximum absolute atomic E-state index is 11.9. The van der Waals surface area contributed by atoms with Gasteiger partial charge >= 0.3 is 5.97 Å². The van der Waals surface area contributed by atoms with Gasteiger partial charge in [-0.15, -0.1) is 0 Å². The van der Waals surface area contributed by atoms with Crippen LogP contribution in [0.2, 0.25) is 0 Å². The van der Waals surface area contributed by atoms with Crippen molar-refractivity contribution < 1.29 is 43.4 Å². The van der Waals surface area contributed by atoms with E-state index in [1.165, 1.54) is 25.7 Å². The van der Waals surface area contributed by atoms with E-state index < -0.39 is 52.4 Å². The van der Waals surface area contributed by atoms with Gasteiger partial charge in [-0.1, -0.05) is 57.6 Å². The predicted octanol–water partition coefficient (Wildman–Crippen LogP) is 3.00. The zero-order valence-electron chi connectivity index (χ0n) is 19.4. The Labute approximate surface area is 192 Å². The lowest BCUT2D eigenvalue weighted by atomic mass is 10.1. The smallest absolute Gasteiger partial charge is 0.306 e. The van der Waals surface area contributed by atoms with Crippen molar-refractivity contribution >= 4 is 13.8 Å². The quantitative estimate of drug-likeness (QED) is 0.0919. The molecule has 0 amide bonds. The van der Waals surface area contributed by atoms with E-state index in [2.05, 4.69) is 28.1 Å². The molecule has 0 aliphatic rings. The maximum Gasteiger partial charge on any atom is 0.306 e. The van der Waals surface area contributed by atoms with E-state index in [0.29, 0.717) is 6.42 Å². The van der Waals surface area contributed by atoms with Crippen molar-refractivity contribution in [3.05, 3.63) is 12.2 Å². The van der Waals surface area contributed by atoms with Gasteiger partial charge in [0.05, 0.1) is 26.4 Å². The Kier molecular flexibility index (Phi) is 20.3. The molecule has 0 rings (SSSR count). The summed E-state index contributed by atoms with van der Waals surface area (Å²) in [6.45, 7) is -0.298. The van der Waals surface area contributed by atoms with E-state index in [9.17, 15) is 19.4 Å². The Morgan fingerprint density at radius 3 is 2.06 bits per heavy atom. The second-order valence-corrected chi connectivity index (χ2v) is 9.21. The van der Waals surface area contributed by atoms with Gasteiger partial charge in [0.25, 0.3) is 7.82 Å². The van der Waals surface area contributed by atoms with Gasteiger partial charge in [-0.25, -0.2) is 0 Å². The Bertz CT molecular complexity index is 528. The average molecular weight is 482 g/mol. The van der Waals surface area contributed by atoms with Crippen LogP contribution in [0.1, 0.15) is 84.0 Å². The van der Waals surface area contributed by atoms with Crippen molar-refractivity contribution in [3.63, 3.8) is 0 Å². The SMILES string of the molecule is CCCCCC/C=C/CCCCCCCC(=O)O[C@H](CO)COP(=O)([O-])OC[C@@H](O)CO. The van der Waals surface area contributed by atoms with Gasteiger partial charge in [-0.2, -0.15) is 0 Å². The van der Waals surface area contributed by atoms with Crippen LogP contribution in [0, 0.1) is 0 Å². The van der Waals surface area contributed by atoms with Gasteiger partial charge < -0.3 is 34.0 Å². The normalized spacial score (nSPS) is 15.5. The number of hydrogen-bond acceptors (Lipinski definition) is 9. The highest BCUT2D eigenvalue weighted by molar-refractivity contribution is 7.45. The van der Waals surface area contributed by atoms with E-state index in [-0.39, 0.29) is 6.42 Å². The van der Waals surface area contributed by atoms with Gasteiger partial charge in [-0.3, -0.25) is 9.36 Å². The molecular formula is C22H42O9P-. The third-order valence-corrected chi connectivity index (χ3v) is 5.63. The lowest BCUT2D eigenvalue weighted by Crippen LogP contribution is -2.28. The largest absolute Gasteiger partial charge is 0.756 e. The highest BCUT2D eigenvalue weighted by atomic mass is 31.2. The monoisotopic (exact) mass is 481 g/mol. The Morgan fingerprint density at radius 2 is 1.47 bits per heavy atom. The van der Waals surface area contributed by atoms with Crippen LogP contribution >= 0.6 is 7.82 Å². The van der Waals surface area contributed by atoms with Crippen LogP contribution in [-0.2, 0) is 23.1 Å². The van der Waals surface area contributed by atoms with Crippen molar-refractivity contribution in [2.75, 3.05) is 26.4 Å². The zero-order chi connectivity index (χ0) is 24.1. The summed E-state index contributed by atoms with van der Waals surface area (Å²) in [5.74, 6) is -0.531. The molecule has 0 aromatic carbocycles. The molecule has 0 bridgehead atoms. The number of unbranched alkanes of at least 4 members (excludes halogenated alkanes) is 9. The first-order valence-electron chi connectivity index (χ1n) is 11.7. The van der Waals surface area contributed by atoms with Crippen LogP contribution in [0.15, 0.2) is 12.2 Å². The predicted molar refractivity (Wildman–Crippen MR) is 120 cm³/mol. The number of aliphatic hydroxyl groups excluding tert-OH is 3. The van der Waals surface area contributed by atoms with Crippen molar-refractivity contribution in [1.82, 2.24) is 0 Å². The molecule has 0 aliphatic heterocycles. The first kappa shape index (κ1) is 31.2. The third-order valence-electron chi connectivity index (χ3n) is 4.70. The Morgan fingerprint density at radius 1 is 0.906 bits per heavy atom. The minimum absolute atomic E-state index is 0.183. The van der Waals surface area contributed by atoms with Gasteiger partial charge in [0.15, 0.2) is 0 Å². The standard InChI is InChI=1S/C22H43O9P/c1-2-3-4-5-6-7-8-9-10-11-12-13-14-15-22(26)31-21(17-24)19-30-32(27,28)29-18-20(25)16-23/h7-8,20-21,23-25H,2-6,9-19H2,1H3,(H,27,28)/p-1/b8-7+/t20-,21+/m0/s1. The summed E-state index contributed by atoms with van der Waals surface area (Å²) in [5, 5.41) is 26.9. The van der Waals surface area contributed by atoms with Crippen molar-refractivity contribution in [1.29, 1.82) is 0 Å². The second kappa shape index (κ2) is 20.8. The molecule has 32 heavy (non-hydrogen) atoms. The van der Waals surface area contributed by atoms with E-state index in [1.54, 1.807) is 0 Å². The fraction of sp³-hybridized carbons (Fsp3) is 0.864. The zero-order valence-corrected chi connectivity index (χ0v) is 20.3. The molecule has 0 aliphatic carbocycles. The summed E-state index contributed by atoms with van der Waals surface area (Å²) in [6, 6.07) is 0. The van der Waals surface area contributed by atoms with Crippen LogP contribution in [0.5, 0.6) is 0 Å². The topological polar surface area (TPSA) is 146 Å². The lowest BCUT2D eigenvalue weighted by molar-refractivity contribution is -0.230. The molecule has 0 spiro atoms. The van der Waals surface area contributed by atoms with Crippen LogP contribution in [0.3, 0.4) is 0 Å². The number of carbonyl (C=O) groups excluding carboxylic acids is 1. The number of aliphatic hydroxyl groups is 3. The maximum atomic E-state index is 11.9. The van der Waals surface area contributed by atoms with Gasteiger partial charge in [0, 0.05) is 6.42 Å². The number of esters is 1. The van der Waals surface area contributed by atoms with Crippen LogP contribution in [0.25, 0.3) is 0 Å². The van der Waals surface area contributed by atoms with Gasteiger partial charge in [-0.05, 0) is 32.1 Å². The minimum Gasteiger partial charge on any atom is -0.756 e. The highest BCUT2D eigenvalue weighted by Crippen LogP contribution is 2.38. The van der Waals surface area contributed by atoms with E-state index in [1.807, 2.05) is 0 Å². The summed E-state index contributed by atoms with van der Waals surface area (Å²) in [6.07, 6.45) is 14.4. The highest BCUT2D eigenvalue weighted by Gasteiger charge is 2.19. The number of allylic oxidation sites excluding steroid dienone is 2. The number of carbonyl (C=O) groups is 1. The summed E-state index contributed by atoms with van der Waals surface area (Å²) < 4.78 is 25.5. The Hall–Kier alpha value is -0.800. The number of hydrogen-bond donors (Lipinski definition) is 3. The van der Waals surface area contributed by atoms with Gasteiger partial charge in [0.2, 0.25) is 0 Å². The Balaban J connectivity index is 3.78. The fourth-order valence-electron chi connectivity index (χ4n) is 2.80. The van der Waals surface area contributed by atoms with E-state index >= 15 is 0 Å². The molecule has 0 fully saturated rings. The van der Waals surface area contributed by atoms with E-state index in [0.717, 1.165) is 38.5 Å². The molecule has 10 heteroatoms. The lowest BCUT2D eigenvalue weighted by Gasteiger charge is -2.25. The number of phosphoric ester groups is 1. The summed E-state index contributed by atoms with van der Waals surface area (Å²) in [5.41, 5.74) is 0. The van der Waals surface area contributed by atoms with Crippen molar-refractivity contribution in [2.24, 2.45) is 0 Å². The van der Waals surface area contributed by atoms with Crippen molar-refractivity contribution in [3.8, 4) is 0 Å². The van der Waals surface area contributed by atoms with Crippen LogP contribution < -0.4 is 4.89 Å². The summed E-state index contributed by atoms with van der Waals surface area (Å²) in [4.78, 5) is 23.4. The number of phosphoric acid groups is 1. The first-order valence-corrected chi connectivity index (χ1v) is 13.1. The molecule has 0 saturated heterocycles. The molecule has 0 saturated carbocycles. The van der Waals surface area contributed by atoms with E-state index in [4.69, 9.17) is 14.9 Å². The molecule has 190 valence electrons. The second-order valence-electron chi connectivity index (χ2n) is 7.80. The number of rotatable bonds is 22. The van der Waals surface area contributed by atoms with Crippen LogP contribution in [0.4, 0.5) is 0 Å². The molecular weight excluding hydrogens is 439 g/mol. The van der Waals surface area contributed by atoms with Crippen LogP contribution in [-0.4, -0.2) is 59.9 Å². The summed E-state index contributed by atoms with van der Waals surface area (Å²) >= 11 is 0. The average Bonchev–Trinajstić information content (AvgIpc) is 2.78. The molecule has 0 aromatic heterocycles. The molecule has 0 radical (unpaired) electrons. The molecule has 0 heterocycles. The molecule has 0 aromatic rings. The minimum atomic E-state index is -4.75. The first-order chi connectivity index (χ1) is 15.3. The van der Waals surface area contributed by atoms with Gasteiger partial charge in [0.1, 0.15) is 12.2 Å². The summed E-state index contributed by atoms with van der Waals surface area (Å²) in [7, 11) is -4.75. The molecule has 1 unspecified atom stereocenters. The molecule has 9 nitrogen and oxygen atoms in total.